The highest BCUT2D eigenvalue weighted by molar-refractivity contribution is 7.17. The number of carbonyl (C=O) groups excluding carboxylic acids is 1. The standard InChI is InChI=1S/C14H12N4O3S2/c19-11(9-2-1-6-22-9)10-12-8(3-7-23-12)17-13(18-10)15-4-5-16-14(20)21/h1-3,6-7,16H,4-5H2,(H,20,21)(H,15,17,18). The Morgan fingerprint density at radius 1 is 1.13 bits per heavy atom. The first-order valence-electron chi connectivity index (χ1n) is 6.69. The summed E-state index contributed by atoms with van der Waals surface area (Å²) in [6.07, 6.45) is -1.09. The number of fused-ring (bicyclic) bond motifs is 1. The molecule has 118 valence electrons. The lowest BCUT2D eigenvalue weighted by Gasteiger charge is -2.07. The Hall–Kier alpha value is -2.52. The fourth-order valence-corrected chi connectivity index (χ4v) is 3.45. The van der Waals surface area contributed by atoms with Crippen LogP contribution < -0.4 is 10.6 Å². The maximum Gasteiger partial charge on any atom is 0.404 e. The van der Waals surface area contributed by atoms with Crippen molar-refractivity contribution in [2.24, 2.45) is 0 Å². The van der Waals surface area contributed by atoms with E-state index in [2.05, 4.69) is 20.6 Å². The third-order valence-corrected chi connectivity index (χ3v) is 4.73. The van der Waals surface area contributed by atoms with E-state index in [1.165, 1.54) is 22.7 Å². The maximum atomic E-state index is 12.6. The van der Waals surface area contributed by atoms with Gasteiger partial charge in [-0.15, -0.1) is 22.7 Å². The average molecular weight is 348 g/mol. The van der Waals surface area contributed by atoms with Crippen molar-refractivity contribution < 1.29 is 14.7 Å². The number of hydrogen-bond acceptors (Lipinski definition) is 7. The second-order valence-corrected chi connectivity index (χ2v) is 6.36. The molecule has 0 aromatic carbocycles. The van der Waals surface area contributed by atoms with E-state index in [-0.39, 0.29) is 12.3 Å². The van der Waals surface area contributed by atoms with Crippen LogP contribution in [0.4, 0.5) is 10.7 Å². The van der Waals surface area contributed by atoms with Crippen LogP contribution in [0.3, 0.4) is 0 Å². The van der Waals surface area contributed by atoms with Crippen LogP contribution in [0, 0.1) is 0 Å². The van der Waals surface area contributed by atoms with E-state index in [0.717, 1.165) is 4.70 Å². The van der Waals surface area contributed by atoms with Crippen molar-refractivity contribution in [2.45, 2.75) is 0 Å². The lowest BCUT2D eigenvalue weighted by molar-refractivity contribution is 0.103. The highest BCUT2D eigenvalue weighted by Crippen LogP contribution is 2.26. The molecule has 3 rings (SSSR count). The Labute approximate surface area is 139 Å². The monoisotopic (exact) mass is 348 g/mol. The number of rotatable bonds is 6. The molecule has 0 bridgehead atoms. The molecule has 0 aliphatic rings. The summed E-state index contributed by atoms with van der Waals surface area (Å²) in [5, 5.41) is 17.4. The molecule has 3 heterocycles. The van der Waals surface area contributed by atoms with E-state index in [1.807, 2.05) is 22.9 Å². The number of ketones is 1. The predicted molar refractivity (Wildman–Crippen MR) is 89.7 cm³/mol. The number of amides is 1. The molecule has 0 aliphatic heterocycles. The largest absolute Gasteiger partial charge is 0.465 e. The van der Waals surface area contributed by atoms with E-state index in [1.54, 1.807) is 6.07 Å². The van der Waals surface area contributed by atoms with Crippen LogP contribution in [0.25, 0.3) is 10.2 Å². The van der Waals surface area contributed by atoms with Crippen LogP contribution >= 0.6 is 22.7 Å². The fraction of sp³-hybridized carbons (Fsp3) is 0.143. The van der Waals surface area contributed by atoms with Crippen molar-refractivity contribution >= 4 is 50.7 Å². The molecule has 0 atom stereocenters. The summed E-state index contributed by atoms with van der Waals surface area (Å²) in [4.78, 5) is 32.3. The molecule has 0 saturated carbocycles. The summed E-state index contributed by atoms with van der Waals surface area (Å²) in [6.45, 7) is 0.545. The van der Waals surface area contributed by atoms with E-state index in [0.29, 0.717) is 28.6 Å². The first kappa shape index (κ1) is 15.4. The first-order chi connectivity index (χ1) is 11.1. The van der Waals surface area contributed by atoms with E-state index in [9.17, 15) is 9.59 Å². The molecule has 9 heteroatoms. The molecule has 0 unspecified atom stereocenters. The Balaban J connectivity index is 1.86. The van der Waals surface area contributed by atoms with Crippen LogP contribution in [-0.2, 0) is 0 Å². The van der Waals surface area contributed by atoms with Crippen molar-refractivity contribution in [3.8, 4) is 0 Å². The zero-order valence-corrected chi connectivity index (χ0v) is 13.4. The molecular weight excluding hydrogens is 336 g/mol. The number of carbonyl (C=O) groups is 2. The zero-order chi connectivity index (χ0) is 16.2. The summed E-state index contributed by atoms with van der Waals surface area (Å²) in [5.41, 5.74) is 1.06. The molecule has 1 amide bonds. The molecule has 0 radical (unpaired) electrons. The van der Waals surface area contributed by atoms with Gasteiger partial charge >= 0.3 is 6.09 Å². The van der Waals surface area contributed by atoms with E-state index >= 15 is 0 Å². The van der Waals surface area contributed by atoms with Crippen molar-refractivity contribution in [2.75, 3.05) is 18.4 Å². The number of nitrogens with zero attached hydrogens (tertiary/aromatic N) is 2. The van der Waals surface area contributed by atoms with E-state index in [4.69, 9.17) is 5.11 Å². The summed E-state index contributed by atoms with van der Waals surface area (Å²) in [7, 11) is 0. The molecule has 3 N–H and O–H groups in total. The SMILES string of the molecule is O=C(O)NCCNc1nc(C(=O)c2cccs2)c2sccc2n1. The van der Waals surface area contributed by atoms with Gasteiger partial charge in [0, 0.05) is 13.1 Å². The smallest absolute Gasteiger partial charge is 0.404 e. The molecule has 23 heavy (non-hydrogen) atoms. The van der Waals surface area contributed by atoms with Crippen LogP contribution in [-0.4, -0.2) is 40.0 Å². The van der Waals surface area contributed by atoms with Gasteiger partial charge in [0.05, 0.1) is 15.1 Å². The van der Waals surface area contributed by atoms with E-state index < -0.39 is 6.09 Å². The molecule has 0 spiro atoms. The molecule has 3 aromatic rings. The second-order valence-electron chi connectivity index (χ2n) is 4.50. The minimum atomic E-state index is -1.09. The van der Waals surface area contributed by atoms with Gasteiger partial charge in [-0.3, -0.25) is 4.79 Å². The van der Waals surface area contributed by atoms with Crippen molar-refractivity contribution in [1.82, 2.24) is 15.3 Å². The van der Waals surface area contributed by atoms with Crippen LogP contribution in [0.15, 0.2) is 29.0 Å². The number of aromatic nitrogens is 2. The summed E-state index contributed by atoms with van der Waals surface area (Å²) >= 11 is 2.79. The Morgan fingerprint density at radius 3 is 2.74 bits per heavy atom. The lowest BCUT2D eigenvalue weighted by atomic mass is 10.2. The van der Waals surface area contributed by atoms with Crippen LogP contribution in [0.5, 0.6) is 0 Å². The fourth-order valence-electron chi connectivity index (χ4n) is 1.96. The molecule has 0 saturated heterocycles. The third-order valence-electron chi connectivity index (χ3n) is 2.95. The van der Waals surface area contributed by atoms with Crippen molar-refractivity contribution in [1.29, 1.82) is 0 Å². The average Bonchev–Trinajstić information content (AvgIpc) is 3.20. The highest BCUT2D eigenvalue weighted by atomic mass is 32.1. The highest BCUT2D eigenvalue weighted by Gasteiger charge is 2.18. The van der Waals surface area contributed by atoms with Gasteiger partial charge in [-0.1, -0.05) is 6.07 Å². The molecular formula is C14H12N4O3S2. The van der Waals surface area contributed by atoms with Crippen LogP contribution in [0.1, 0.15) is 15.4 Å². The summed E-state index contributed by atoms with van der Waals surface area (Å²) in [6, 6.07) is 5.41. The third kappa shape index (κ3) is 3.46. The van der Waals surface area contributed by atoms with Gasteiger partial charge in [0.15, 0.2) is 0 Å². The number of nitrogens with one attached hydrogen (secondary N) is 2. The molecule has 0 fully saturated rings. The normalized spacial score (nSPS) is 10.6. The second kappa shape index (κ2) is 6.71. The topological polar surface area (TPSA) is 104 Å². The lowest BCUT2D eigenvalue weighted by Crippen LogP contribution is -2.27. The Morgan fingerprint density at radius 2 is 2.00 bits per heavy atom. The van der Waals surface area contributed by atoms with Crippen LogP contribution in [0.2, 0.25) is 0 Å². The minimum absolute atomic E-state index is 0.137. The molecule has 7 nitrogen and oxygen atoms in total. The van der Waals surface area contributed by atoms with Gasteiger partial charge in [0.1, 0.15) is 5.69 Å². The number of carboxylic acid groups (broad SMARTS) is 1. The Kier molecular flexibility index (Phi) is 4.49. The van der Waals surface area contributed by atoms with Gasteiger partial charge in [-0.2, -0.15) is 0 Å². The zero-order valence-electron chi connectivity index (χ0n) is 11.8. The molecule has 0 aliphatic carbocycles. The van der Waals surface area contributed by atoms with Gasteiger partial charge in [0.25, 0.3) is 0 Å². The van der Waals surface area contributed by atoms with Gasteiger partial charge < -0.3 is 15.7 Å². The quantitative estimate of drug-likeness (QED) is 0.467. The van der Waals surface area contributed by atoms with Crippen molar-refractivity contribution in [3.63, 3.8) is 0 Å². The first-order valence-corrected chi connectivity index (χ1v) is 8.45. The van der Waals surface area contributed by atoms with Gasteiger partial charge in [0.2, 0.25) is 11.7 Å². The number of thiophene rings is 2. The number of hydrogen-bond donors (Lipinski definition) is 3. The Bertz CT molecular complexity index is 845. The molecule has 3 aromatic heterocycles. The minimum Gasteiger partial charge on any atom is -0.465 e. The van der Waals surface area contributed by atoms with Gasteiger partial charge in [-0.05, 0) is 22.9 Å². The number of anilines is 1. The summed E-state index contributed by atoms with van der Waals surface area (Å²) in [5.74, 6) is 0.171. The van der Waals surface area contributed by atoms with Crippen molar-refractivity contribution in [3.05, 3.63) is 39.5 Å². The summed E-state index contributed by atoms with van der Waals surface area (Å²) < 4.78 is 0.748. The predicted octanol–water partition coefficient (Wildman–Crippen LogP) is 2.66. The maximum absolute atomic E-state index is 12.6. The van der Waals surface area contributed by atoms with Gasteiger partial charge in [-0.25, -0.2) is 14.8 Å².